The molecule has 0 bridgehead atoms. The summed E-state index contributed by atoms with van der Waals surface area (Å²) in [4.78, 5) is 0. The van der Waals surface area contributed by atoms with Crippen LogP contribution in [0.25, 0.3) is 0 Å². The van der Waals surface area contributed by atoms with Gasteiger partial charge in [-0.1, -0.05) is 43.2 Å². The minimum absolute atomic E-state index is 0.141. The average Bonchev–Trinajstić information content (AvgIpc) is 2.38. The first-order chi connectivity index (χ1) is 8.27. The molecule has 1 aromatic carbocycles. The van der Waals surface area contributed by atoms with Crippen LogP contribution < -0.4 is 5.32 Å². The first-order valence-corrected chi connectivity index (χ1v) is 6.42. The van der Waals surface area contributed by atoms with Gasteiger partial charge in [-0.15, -0.1) is 0 Å². The number of benzene rings is 1. The van der Waals surface area contributed by atoms with E-state index in [0.717, 1.165) is 31.2 Å². The van der Waals surface area contributed by atoms with Crippen LogP contribution in [0.3, 0.4) is 0 Å². The molecule has 1 unspecified atom stereocenters. The molecular weight excluding hydrogens is 214 g/mol. The van der Waals surface area contributed by atoms with E-state index in [1.807, 2.05) is 30.3 Å². The standard InChI is InChI=1S/C14H21NO2/c16-13-9-5-4-8-12(13)15-10-14(17)11-6-2-1-3-7-11/h1-3,6-7,12-17H,4-5,8-10H2/t12-,13-,14?/m1/s1. The van der Waals surface area contributed by atoms with Gasteiger partial charge in [0.15, 0.2) is 0 Å². The monoisotopic (exact) mass is 235 g/mol. The number of nitrogens with one attached hydrogen (secondary N) is 1. The number of hydrogen-bond donors (Lipinski definition) is 3. The van der Waals surface area contributed by atoms with Crippen molar-refractivity contribution >= 4 is 0 Å². The quantitative estimate of drug-likeness (QED) is 0.743. The van der Waals surface area contributed by atoms with E-state index in [4.69, 9.17) is 0 Å². The molecular formula is C14H21NO2. The SMILES string of the molecule is OC(CN[C@@H]1CCCC[C@H]1O)c1ccccc1. The molecule has 2 rings (SSSR count). The first-order valence-electron chi connectivity index (χ1n) is 6.42. The lowest BCUT2D eigenvalue weighted by Gasteiger charge is -2.29. The zero-order valence-electron chi connectivity index (χ0n) is 10.0. The van der Waals surface area contributed by atoms with Gasteiger partial charge in [-0.2, -0.15) is 0 Å². The Hall–Kier alpha value is -0.900. The largest absolute Gasteiger partial charge is 0.392 e. The summed E-state index contributed by atoms with van der Waals surface area (Å²) in [7, 11) is 0. The van der Waals surface area contributed by atoms with Crippen molar-refractivity contribution in [3.05, 3.63) is 35.9 Å². The molecule has 0 aliphatic heterocycles. The van der Waals surface area contributed by atoms with E-state index in [1.54, 1.807) is 0 Å². The number of rotatable bonds is 4. The van der Waals surface area contributed by atoms with Crippen LogP contribution >= 0.6 is 0 Å². The molecule has 0 aromatic heterocycles. The van der Waals surface area contributed by atoms with E-state index in [1.165, 1.54) is 0 Å². The van der Waals surface area contributed by atoms with Crippen molar-refractivity contribution in [2.75, 3.05) is 6.54 Å². The van der Waals surface area contributed by atoms with Crippen LogP contribution in [0, 0.1) is 0 Å². The van der Waals surface area contributed by atoms with Crippen molar-refractivity contribution in [1.29, 1.82) is 0 Å². The van der Waals surface area contributed by atoms with Gasteiger partial charge in [0.25, 0.3) is 0 Å². The summed E-state index contributed by atoms with van der Waals surface area (Å²) in [5.41, 5.74) is 0.922. The second kappa shape index (κ2) is 6.15. The predicted molar refractivity (Wildman–Crippen MR) is 67.7 cm³/mol. The number of aliphatic hydroxyl groups is 2. The molecule has 1 aliphatic rings. The Morgan fingerprint density at radius 1 is 1.18 bits per heavy atom. The maximum absolute atomic E-state index is 9.99. The number of aliphatic hydroxyl groups excluding tert-OH is 2. The van der Waals surface area contributed by atoms with Crippen molar-refractivity contribution in [3.63, 3.8) is 0 Å². The van der Waals surface area contributed by atoms with Crippen LogP contribution in [-0.2, 0) is 0 Å². The highest BCUT2D eigenvalue weighted by Crippen LogP contribution is 2.19. The molecule has 3 atom stereocenters. The highest BCUT2D eigenvalue weighted by atomic mass is 16.3. The average molecular weight is 235 g/mol. The Morgan fingerprint density at radius 3 is 2.59 bits per heavy atom. The third-order valence-electron chi connectivity index (χ3n) is 3.49. The summed E-state index contributed by atoms with van der Waals surface area (Å²) in [6, 6.07) is 9.77. The molecule has 1 aliphatic carbocycles. The fraction of sp³-hybridized carbons (Fsp3) is 0.571. The van der Waals surface area contributed by atoms with Gasteiger partial charge in [0.1, 0.15) is 0 Å². The zero-order valence-corrected chi connectivity index (χ0v) is 10.0. The van der Waals surface area contributed by atoms with E-state index < -0.39 is 6.10 Å². The lowest BCUT2D eigenvalue weighted by Crippen LogP contribution is -2.43. The summed E-state index contributed by atoms with van der Waals surface area (Å²) < 4.78 is 0. The fourth-order valence-corrected chi connectivity index (χ4v) is 2.41. The van der Waals surface area contributed by atoms with Crippen LogP contribution in [0.1, 0.15) is 37.4 Å². The topological polar surface area (TPSA) is 52.5 Å². The fourth-order valence-electron chi connectivity index (χ4n) is 2.41. The summed E-state index contributed by atoms with van der Waals surface area (Å²) in [6.07, 6.45) is 3.40. The van der Waals surface area contributed by atoms with E-state index in [2.05, 4.69) is 5.32 Å². The second-order valence-corrected chi connectivity index (χ2v) is 4.79. The van der Waals surface area contributed by atoms with Gasteiger partial charge in [-0.3, -0.25) is 0 Å². The molecule has 0 amide bonds. The van der Waals surface area contributed by atoms with Gasteiger partial charge in [0.05, 0.1) is 12.2 Å². The first kappa shape index (κ1) is 12.6. The van der Waals surface area contributed by atoms with Gasteiger partial charge in [0, 0.05) is 12.6 Å². The zero-order chi connectivity index (χ0) is 12.1. The van der Waals surface area contributed by atoms with Gasteiger partial charge >= 0.3 is 0 Å². The van der Waals surface area contributed by atoms with Crippen molar-refractivity contribution in [1.82, 2.24) is 5.32 Å². The molecule has 3 N–H and O–H groups in total. The summed E-state index contributed by atoms with van der Waals surface area (Å²) in [5.74, 6) is 0. The molecule has 1 aromatic rings. The molecule has 1 saturated carbocycles. The normalized spacial score (nSPS) is 26.7. The molecule has 94 valence electrons. The Kier molecular flexibility index (Phi) is 4.54. The van der Waals surface area contributed by atoms with Gasteiger partial charge < -0.3 is 15.5 Å². The van der Waals surface area contributed by atoms with Crippen molar-refractivity contribution in [3.8, 4) is 0 Å². The number of hydrogen-bond acceptors (Lipinski definition) is 3. The highest BCUT2D eigenvalue weighted by molar-refractivity contribution is 5.17. The highest BCUT2D eigenvalue weighted by Gasteiger charge is 2.23. The van der Waals surface area contributed by atoms with Crippen LogP contribution in [-0.4, -0.2) is 28.9 Å². The maximum Gasteiger partial charge on any atom is 0.0914 e. The maximum atomic E-state index is 9.99. The molecule has 3 nitrogen and oxygen atoms in total. The minimum atomic E-state index is -0.495. The molecule has 0 heterocycles. The van der Waals surface area contributed by atoms with Crippen molar-refractivity contribution < 1.29 is 10.2 Å². The van der Waals surface area contributed by atoms with Crippen LogP contribution in [0.15, 0.2) is 30.3 Å². The predicted octanol–water partition coefficient (Wildman–Crippen LogP) is 1.61. The van der Waals surface area contributed by atoms with Gasteiger partial charge in [0.2, 0.25) is 0 Å². The van der Waals surface area contributed by atoms with Crippen LogP contribution in [0.2, 0.25) is 0 Å². The molecule has 1 fully saturated rings. The third-order valence-corrected chi connectivity index (χ3v) is 3.49. The minimum Gasteiger partial charge on any atom is -0.392 e. The Balaban J connectivity index is 1.81. The van der Waals surface area contributed by atoms with Gasteiger partial charge in [-0.05, 0) is 18.4 Å². The van der Waals surface area contributed by atoms with Crippen LogP contribution in [0.4, 0.5) is 0 Å². The molecule has 0 radical (unpaired) electrons. The van der Waals surface area contributed by atoms with E-state index in [-0.39, 0.29) is 12.1 Å². The molecule has 17 heavy (non-hydrogen) atoms. The van der Waals surface area contributed by atoms with Crippen molar-refractivity contribution in [2.45, 2.75) is 43.9 Å². The van der Waals surface area contributed by atoms with E-state index in [0.29, 0.717) is 6.54 Å². The lowest BCUT2D eigenvalue weighted by molar-refractivity contribution is 0.0797. The summed E-state index contributed by atoms with van der Waals surface area (Å²) >= 11 is 0. The molecule has 0 spiro atoms. The van der Waals surface area contributed by atoms with E-state index >= 15 is 0 Å². The second-order valence-electron chi connectivity index (χ2n) is 4.79. The smallest absolute Gasteiger partial charge is 0.0914 e. The lowest BCUT2D eigenvalue weighted by atomic mass is 9.92. The third kappa shape index (κ3) is 3.53. The summed E-state index contributed by atoms with van der Waals surface area (Å²) in [6.45, 7) is 0.506. The van der Waals surface area contributed by atoms with Crippen molar-refractivity contribution in [2.24, 2.45) is 0 Å². The summed E-state index contributed by atoms with van der Waals surface area (Å²) in [5, 5.41) is 23.1. The molecule has 3 heteroatoms. The Bertz CT molecular complexity index is 328. The Morgan fingerprint density at radius 2 is 1.88 bits per heavy atom. The van der Waals surface area contributed by atoms with E-state index in [9.17, 15) is 10.2 Å². The van der Waals surface area contributed by atoms with Crippen LogP contribution in [0.5, 0.6) is 0 Å². The van der Waals surface area contributed by atoms with Gasteiger partial charge in [-0.25, -0.2) is 0 Å². The molecule has 0 saturated heterocycles. The Labute approximate surface area is 102 Å².